The third kappa shape index (κ3) is 3.26. The number of hydrogen-bond acceptors (Lipinski definition) is 3. The van der Waals surface area contributed by atoms with Crippen molar-refractivity contribution in [2.45, 2.75) is 18.8 Å². The molecule has 0 fully saturated rings. The number of carbonyl (C=O) groups excluding carboxylic acids is 1. The van der Waals surface area contributed by atoms with Crippen LogP contribution in [0.2, 0.25) is 0 Å². The van der Waals surface area contributed by atoms with Crippen LogP contribution in [-0.4, -0.2) is 19.6 Å². The highest BCUT2D eigenvalue weighted by atomic mass is 79.9. The summed E-state index contributed by atoms with van der Waals surface area (Å²) in [6.07, 6.45) is 0.0541. The third-order valence-electron chi connectivity index (χ3n) is 2.79. The van der Waals surface area contributed by atoms with Crippen molar-refractivity contribution in [3.63, 3.8) is 0 Å². The Morgan fingerprint density at radius 3 is 2.71 bits per heavy atom. The Bertz CT molecular complexity index is 425. The summed E-state index contributed by atoms with van der Waals surface area (Å²) in [5, 5.41) is 0. The van der Waals surface area contributed by atoms with Crippen LogP contribution in [0.4, 0.5) is 4.39 Å². The number of hydrogen-bond donors (Lipinski definition) is 1. The lowest BCUT2D eigenvalue weighted by molar-refractivity contribution is -0.141. The molecule has 0 saturated heterocycles. The Hall–Kier alpha value is -0.940. The highest BCUT2D eigenvalue weighted by molar-refractivity contribution is 9.10. The molecular weight excluding hydrogens is 289 g/mol. The fraction of sp³-hybridized carbons (Fsp3) is 0.417. The Labute approximate surface area is 108 Å². The first-order chi connectivity index (χ1) is 7.92. The topological polar surface area (TPSA) is 52.3 Å². The van der Waals surface area contributed by atoms with Crippen molar-refractivity contribution in [1.29, 1.82) is 0 Å². The molecule has 0 aliphatic carbocycles. The number of halogens is 2. The second-order valence-electron chi connectivity index (χ2n) is 4.14. The van der Waals surface area contributed by atoms with Crippen LogP contribution in [0.5, 0.6) is 0 Å². The largest absolute Gasteiger partial charge is 0.469 e. The Morgan fingerprint density at radius 2 is 2.24 bits per heavy atom. The van der Waals surface area contributed by atoms with Crippen LogP contribution < -0.4 is 5.73 Å². The normalized spacial score (nSPS) is 14.2. The zero-order valence-corrected chi connectivity index (χ0v) is 11.4. The van der Waals surface area contributed by atoms with E-state index in [1.54, 1.807) is 19.1 Å². The van der Waals surface area contributed by atoms with Gasteiger partial charge in [-0.3, -0.25) is 4.79 Å². The minimum Gasteiger partial charge on any atom is -0.469 e. The van der Waals surface area contributed by atoms with Crippen LogP contribution in [0.3, 0.4) is 0 Å². The molecule has 0 bridgehead atoms. The Balaban J connectivity index is 3.11. The fourth-order valence-electron chi connectivity index (χ4n) is 1.65. The van der Waals surface area contributed by atoms with Gasteiger partial charge in [0.15, 0.2) is 0 Å². The Kier molecular flexibility index (Phi) is 4.65. The number of esters is 1. The van der Waals surface area contributed by atoms with Gasteiger partial charge in [-0.2, -0.15) is 0 Å². The molecule has 1 aromatic carbocycles. The highest BCUT2D eigenvalue weighted by Crippen LogP contribution is 2.30. The van der Waals surface area contributed by atoms with Crippen LogP contribution in [0, 0.1) is 5.82 Å². The van der Waals surface area contributed by atoms with E-state index in [0.29, 0.717) is 10.0 Å². The molecule has 0 aromatic heterocycles. The number of methoxy groups -OCH3 is 1. The average Bonchev–Trinajstić information content (AvgIpc) is 2.28. The summed E-state index contributed by atoms with van der Waals surface area (Å²) in [5.41, 5.74) is 5.34. The molecule has 2 N–H and O–H groups in total. The lowest BCUT2D eigenvalue weighted by Gasteiger charge is -2.27. The van der Waals surface area contributed by atoms with E-state index in [2.05, 4.69) is 20.7 Å². The summed E-state index contributed by atoms with van der Waals surface area (Å²) in [6.45, 7) is 1.91. The highest BCUT2D eigenvalue weighted by Gasteiger charge is 2.31. The van der Waals surface area contributed by atoms with Gasteiger partial charge >= 0.3 is 5.97 Å². The second kappa shape index (κ2) is 5.60. The molecule has 0 amide bonds. The summed E-state index contributed by atoms with van der Waals surface area (Å²) < 4.78 is 19.1. The van der Waals surface area contributed by atoms with Gasteiger partial charge in [0.2, 0.25) is 0 Å². The predicted molar refractivity (Wildman–Crippen MR) is 67.1 cm³/mol. The van der Waals surface area contributed by atoms with Crippen molar-refractivity contribution in [2.24, 2.45) is 5.73 Å². The van der Waals surface area contributed by atoms with Gasteiger partial charge in [0.1, 0.15) is 5.82 Å². The maximum Gasteiger partial charge on any atom is 0.306 e. The molecule has 1 aromatic rings. The molecule has 17 heavy (non-hydrogen) atoms. The van der Waals surface area contributed by atoms with Crippen LogP contribution in [0.15, 0.2) is 22.7 Å². The minimum absolute atomic E-state index is 0.0541. The van der Waals surface area contributed by atoms with E-state index < -0.39 is 11.4 Å². The first-order valence-corrected chi connectivity index (χ1v) is 5.94. The van der Waals surface area contributed by atoms with E-state index in [4.69, 9.17) is 5.73 Å². The van der Waals surface area contributed by atoms with Crippen LogP contribution in [-0.2, 0) is 14.9 Å². The second-order valence-corrected chi connectivity index (χ2v) is 5.06. The molecule has 1 rings (SSSR count). The zero-order valence-electron chi connectivity index (χ0n) is 9.80. The number of carbonyl (C=O) groups is 1. The van der Waals surface area contributed by atoms with E-state index >= 15 is 0 Å². The van der Waals surface area contributed by atoms with Crippen LogP contribution >= 0.6 is 15.9 Å². The van der Waals surface area contributed by atoms with E-state index in [0.717, 1.165) is 0 Å². The maximum absolute atomic E-state index is 13.8. The van der Waals surface area contributed by atoms with E-state index in [1.807, 2.05) is 0 Å². The lowest BCUT2D eigenvalue weighted by Crippen LogP contribution is -2.35. The number of nitrogens with two attached hydrogens (primary N) is 1. The van der Waals surface area contributed by atoms with Crippen molar-refractivity contribution in [2.75, 3.05) is 13.7 Å². The molecule has 0 saturated carbocycles. The molecular formula is C12H15BrFNO2. The smallest absolute Gasteiger partial charge is 0.306 e. The molecule has 1 atom stereocenters. The summed E-state index contributed by atoms with van der Waals surface area (Å²) >= 11 is 3.19. The lowest BCUT2D eigenvalue weighted by atomic mass is 9.79. The van der Waals surface area contributed by atoms with Gasteiger partial charge in [-0.1, -0.05) is 28.9 Å². The summed E-state index contributed by atoms with van der Waals surface area (Å²) in [6, 6.07) is 4.72. The minimum atomic E-state index is -0.752. The molecule has 3 nitrogen and oxygen atoms in total. The molecule has 0 heterocycles. The quantitative estimate of drug-likeness (QED) is 0.869. The SMILES string of the molecule is COC(=O)CC(C)(CN)c1ccc(Br)cc1F. The molecule has 0 aliphatic rings. The summed E-state index contributed by atoms with van der Waals surface area (Å²) in [7, 11) is 1.30. The van der Waals surface area contributed by atoms with Crippen molar-refractivity contribution < 1.29 is 13.9 Å². The van der Waals surface area contributed by atoms with Crippen molar-refractivity contribution in [3.8, 4) is 0 Å². The van der Waals surface area contributed by atoms with Gasteiger partial charge in [-0.25, -0.2) is 4.39 Å². The Morgan fingerprint density at radius 1 is 1.59 bits per heavy atom. The van der Waals surface area contributed by atoms with Gasteiger partial charge in [0.05, 0.1) is 13.5 Å². The average molecular weight is 304 g/mol. The number of benzene rings is 1. The fourth-order valence-corrected chi connectivity index (χ4v) is 1.98. The molecule has 0 radical (unpaired) electrons. The van der Waals surface area contributed by atoms with Gasteiger partial charge in [-0.05, 0) is 17.7 Å². The van der Waals surface area contributed by atoms with Gasteiger partial charge < -0.3 is 10.5 Å². The summed E-state index contributed by atoms with van der Waals surface area (Å²) in [4.78, 5) is 11.3. The maximum atomic E-state index is 13.8. The van der Waals surface area contributed by atoms with Crippen LogP contribution in [0.25, 0.3) is 0 Å². The van der Waals surface area contributed by atoms with E-state index in [-0.39, 0.29) is 18.8 Å². The predicted octanol–water partition coefficient (Wildman–Crippen LogP) is 2.37. The third-order valence-corrected chi connectivity index (χ3v) is 3.29. The van der Waals surface area contributed by atoms with E-state index in [1.165, 1.54) is 13.2 Å². The summed E-state index contributed by atoms with van der Waals surface area (Å²) in [5.74, 6) is -0.781. The monoisotopic (exact) mass is 303 g/mol. The van der Waals surface area contributed by atoms with Crippen molar-refractivity contribution in [3.05, 3.63) is 34.1 Å². The first-order valence-electron chi connectivity index (χ1n) is 5.15. The molecule has 1 unspecified atom stereocenters. The molecule has 0 spiro atoms. The number of ether oxygens (including phenoxy) is 1. The van der Waals surface area contributed by atoms with Gasteiger partial charge in [0.25, 0.3) is 0 Å². The molecule has 5 heteroatoms. The molecule has 0 aliphatic heterocycles. The zero-order chi connectivity index (χ0) is 13.1. The standard InChI is InChI=1S/C12H15BrFNO2/c1-12(7-15,6-11(16)17-2)9-4-3-8(13)5-10(9)14/h3-5H,6-7,15H2,1-2H3. The van der Waals surface area contributed by atoms with Gasteiger partial charge in [-0.15, -0.1) is 0 Å². The molecule has 94 valence electrons. The van der Waals surface area contributed by atoms with Crippen molar-refractivity contribution in [1.82, 2.24) is 0 Å². The number of rotatable bonds is 4. The van der Waals surface area contributed by atoms with Crippen LogP contribution in [0.1, 0.15) is 18.9 Å². The van der Waals surface area contributed by atoms with Crippen molar-refractivity contribution >= 4 is 21.9 Å². The van der Waals surface area contributed by atoms with Gasteiger partial charge in [0, 0.05) is 16.4 Å². The van der Waals surface area contributed by atoms with E-state index in [9.17, 15) is 9.18 Å². The first kappa shape index (κ1) is 14.1.